The summed E-state index contributed by atoms with van der Waals surface area (Å²) in [5, 5.41) is 5.46. The molecule has 1 aliphatic carbocycles. The molecule has 1 saturated carbocycles. The number of rotatable bonds is 9. The van der Waals surface area contributed by atoms with E-state index in [1.807, 2.05) is 54.6 Å². The second-order valence-corrected chi connectivity index (χ2v) is 8.93. The highest BCUT2D eigenvalue weighted by atomic mass is 32.2. The van der Waals surface area contributed by atoms with Crippen LogP contribution in [0.4, 0.5) is 11.4 Å². The van der Waals surface area contributed by atoms with Gasteiger partial charge in [0.1, 0.15) is 16.7 Å². The summed E-state index contributed by atoms with van der Waals surface area (Å²) in [6.45, 7) is 0. The fourth-order valence-electron chi connectivity index (χ4n) is 3.37. The molecule has 1 atom stereocenters. The molecule has 3 aromatic rings. The van der Waals surface area contributed by atoms with Crippen molar-refractivity contribution in [2.45, 2.75) is 23.0 Å². The summed E-state index contributed by atoms with van der Waals surface area (Å²) >= 11 is 1.43. The lowest BCUT2D eigenvalue weighted by Crippen LogP contribution is -2.19. The summed E-state index contributed by atoms with van der Waals surface area (Å²) in [6.07, 6.45) is 1.90. The Kier molecular flexibility index (Phi) is 7.19. The molecule has 1 fully saturated rings. The van der Waals surface area contributed by atoms with E-state index < -0.39 is 5.25 Å². The maximum atomic E-state index is 13.4. The average Bonchev–Trinajstić information content (AvgIpc) is 3.69. The number of ether oxygens (including phenoxy) is 2. The number of carbonyl (C=O) groups is 2. The van der Waals surface area contributed by atoms with E-state index >= 15 is 0 Å². The van der Waals surface area contributed by atoms with Crippen molar-refractivity contribution < 1.29 is 19.1 Å². The van der Waals surface area contributed by atoms with Crippen molar-refractivity contribution in [1.29, 1.82) is 0 Å². The SMILES string of the molecule is COc1ccc(NC(=O)C(Sc2cccc(NC(=O)C3CC3)c2)c2ccccc2)c(OC)c1. The molecule has 2 N–H and O–H groups in total. The van der Waals surface area contributed by atoms with Crippen LogP contribution < -0.4 is 20.1 Å². The summed E-state index contributed by atoms with van der Waals surface area (Å²) in [5.74, 6) is 1.17. The van der Waals surface area contributed by atoms with Crippen LogP contribution in [0.3, 0.4) is 0 Å². The number of anilines is 2. The first-order valence-corrected chi connectivity index (χ1v) is 11.6. The van der Waals surface area contributed by atoms with E-state index in [0.29, 0.717) is 17.2 Å². The van der Waals surface area contributed by atoms with Crippen molar-refractivity contribution in [3.05, 3.63) is 78.4 Å². The Morgan fingerprint density at radius 2 is 1.70 bits per heavy atom. The summed E-state index contributed by atoms with van der Waals surface area (Å²) in [5.41, 5.74) is 2.18. The third-order valence-electron chi connectivity index (χ3n) is 5.31. The van der Waals surface area contributed by atoms with Crippen LogP contribution in [0, 0.1) is 5.92 Å². The number of amides is 2. The van der Waals surface area contributed by atoms with E-state index in [-0.39, 0.29) is 17.7 Å². The molecule has 3 aromatic carbocycles. The molecule has 1 aliphatic rings. The van der Waals surface area contributed by atoms with Gasteiger partial charge >= 0.3 is 0 Å². The fraction of sp³-hybridized carbons (Fsp3) is 0.231. The minimum absolute atomic E-state index is 0.0566. The van der Waals surface area contributed by atoms with Crippen molar-refractivity contribution >= 4 is 35.0 Å². The van der Waals surface area contributed by atoms with Crippen LogP contribution in [-0.4, -0.2) is 26.0 Å². The lowest BCUT2D eigenvalue weighted by atomic mass is 10.1. The number of carbonyl (C=O) groups excluding carboxylic acids is 2. The molecule has 0 bridgehead atoms. The van der Waals surface area contributed by atoms with Gasteiger partial charge in [-0.05, 0) is 48.7 Å². The molecule has 170 valence electrons. The zero-order valence-electron chi connectivity index (χ0n) is 18.5. The second-order valence-electron chi connectivity index (χ2n) is 7.76. The Balaban J connectivity index is 1.56. The maximum absolute atomic E-state index is 13.4. The van der Waals surface area contributed by atoms with Gasteiger partial charge in [0.2, 0.25) is 11.8 Å². The van der Waals surface area contributed by atoms with Crippen LogP contribution in [0.15, 0.2) is 77.7 Å². The van der Waals surface area contributed by atoms with Crippen LogP contribution in [0.2, 0.25) is 0 Å². The number of benzene rings is 3. The van der Waals surface area contributed by atoms with Gasteiger partial charge in [0, 0.05) is 22.6 Å². The van der Waals surface area contributed by atoms with Gasteiger partial charge in [-0.1, -0.05) is 36.4 Å². The molecule has 0 spiro atoms. The standard InChI is InChI=1S/C26H26N2O4S/c1-31-20-13-14-22(23(16-20)32-2)28-26(30)24(17-7-4-3-5-8-17)33-21-10-6-9-19(15-21)27-25(29)18-11-12-18/h3-10,13-16,18,24H,11-12H2,1-2H3,(H,27,29)(H,28,30). The lowest BCUT2D eigenvalue weighted by molar-refractivity contribution is -0.117. The van der Waals surface area contributed by atoms with Crippen molar-refractivity contribution in [2.24, 2.45) is 5.92 Å². The first-order valence-electron chi connectivity index (χ1n) is 10.7. The predicted molar refractivity (Wildman–Crippen MR) is 131 cm³/mol. The number of hydrogen-bond acceptors (Lipinski definition) is 5. The minimum Gasteiger partial charge on any atom is -0.497 e. The third-order valence-corrected chi connectivity index (χ3v) is 6.56. The van der Waals surface area contributed by atoms with Gasteiger partial charge in [0.25, 0.3) is 0 Å². The average molecular weight is 463 g/mol. The first kappa shape index (κ1) is 22.7. The summed E-state index contributed by atoms with van der Waals surface area (Å²) < 4.78 is 10.7. The van der Waals surface area contributed by atoms with E-state index in [1.165, 1.54) is 11.8 Å². The van der Waals surface area contributed by atoms with E-state index in [1.54, 1.807) is 32.4 Å². The fourth-order valence-corrected chi connectivity index (χ4v) is 4.46. The van der Waals surface area contributed by atoms with Gasteiger partial charge in [-0.25, -0.2) is 0 Å². The van der Waals surface area contributed by atoms with E-state index in [4.69, 9.17) is 9.47 Å². The normalized spacial score (nSPS) is 13.6. The van der Waals surface area contributed by atoms with Crippen molar-refractivity contribution in [2.75, 3.05) is 24.9 Å². The molecule has 0 radical (unpaired) electrons. The minimum atomic E-state index is -0.507. The molecule has 0 aromatic heterocycles. The molecular formula is C26H26N2O4S. The summed E-state index contributed by atoms with van der Waals surface area (Å²) in [4.78, 5) is 26.4. The molecule has 7 heteroatoms. The largest absolute Gasteiger partial charge is 0.497 e. The lowest BCUT2D eigenvalue weighted by Gasteiger charge is -2.19. The Morgan fingerprint density at radius 1 is 0.909 bits per heavy atom. The van der Waals surface area contributed by atoms with Gasteiger partial charge < -0.3 is 20.1 Å². The highest BCUT2D eigenvalue weighted by molar-refractivity contribution is 8.00. The Bertz CT molecular complexity index is 1130. The number of methoxy groups -OCH3 is 2. The van der Waals surface area contributed by atoms with Gasteiger partial charge in [0.15, 0.2) is 0 Å². The molecule has 33 heavy (non-hydrogen) atoms. The van der Waals surface area contributed by atoms with Gasteiger partial charge in [-0.2, -0.15) is 0 Å². The third kappa shape index (κ3) is 5.87. The maximum Gasteiger partial charge on any atom is 0.242 e. The molecule has 0 saturated heterocycles. The molecule has 1 unspecified atom stereocenters. The summed E-state index contributed by atoms with van der Waals surface area (Å²) in [6, 6.07) is 22.5. The van der Waals surface area contributed by atoms with Gasteiger partial charge in [-0.3, -0.25) is 9.59 Å². The van der Waals surface area contributed by atoms with E-state index in [0.717, 1.165) is 29.0 Å². The highest BCUT2D eigenvalue weighted by Gasteiger charge is 2.29. The van der Waals surface area contributed by atoms with E-state index in [9.17, 15) is 9.59 Å². The zero-order chi connectivity index (χ0) is 23.2. The summed E-state index contributed by atoms with van der Waals surface area (Å²) in [7, 11) is 3.13. The molecular weight excluding hydrogens is 436 g/mol. The number of hydrogen-bond donors (Lipinski definition) is 2. The molecule has 4 rings (SSSR count). The van der Waals surface area contributed by atoms with Gasteiger partial charge in [-0.15, -0.1) is 11.8 Å². The van der Waals surface area contributed by atoms with Crippen molar-refractivity contribution in [3.8, 4) is 11.5 Å². The van der Waals surface area contributed by atoms with E-state index in [2.05, 4.69) is 10.6 Å². The van der Waals surface area contributed by atoms with Crippen LogP contribution in [0.5, 0.6) is 11.5 Å². The Labute approximate surface area is 197 Å². The molecule has 0 aliphatic heterocycles. The second kappa shape index (κ2) is 10.4. The number of thioether (sulfide) groups is 1. The quantitative estimate of drug-likeness (QED) is 0.409. The number of nitrogens with one attached hydrogen (secondary N) is 2. The first-order chi connectivity index (χ1) is 16.1. The smallest absolute Gasteiger partial charge is 0.242 e. The van der Waals surface area contributed by atoms with Crippen molar-refractivity contribution in [1.82, 2.24) is 0 Å². The Morgan fingerprint density at radius 3 is 2.39 bits per heavy atom. The zero-order valence-corrected chi connectivity index (χ0v) is 19.4. The van der Waals surface area contributed by atoms with Crippen LogP contribution in [0.1, 0.15) is 23.7 Å². The van der Waals surface area contributed by atoms with Crippen molar-refractivity contribution in [3.63, 3.8) is 0 Å². The van der Waals surface area contributed by atoms with Gasteiger partial charge in [0.05, 0.1) is 19.9 Å². The predicted octanol–water partition coefficient (Wildman–Crippen LogP) is 5.52. The molecule has 2 amide bonds. The molecule has 6 nitrogen and oxygen atoms in total. The monoisotopic (exact) mass is 462 g/mol. The van der Waals surface area contributed by atoms with Crippen LogP contribution >= 0.6 is 11.8 Å². The topological polar surface area (TPSA) is 76.7 Å². The van der Waals surface area contributed by atoms with Crippen LogP contribution in [0.25, 0.3) is 0 Å². The Hall–Kier alpha value is -3.45. The van der Waals surface area contributed by atoms with Crippen LogP contribution in [-0.2, 0) is 9.59 Å². The highest BCUT2D eigenvalue weighted by Crippen LogP contribution is 2.39. The molecule has 0 heterocycles.